The lowest BCUT2D eigenvalue weighted by molar-refractivity contribution is 0.103. The summed E-state index contributed by atoms with van der Waals surface area (Å²) in [4.78, 5) is 16.4. The summed E-state index contributed by atoms with van der Waals surface area (Å²) in [7, 11) is 0. The fraction of sp³-hybridized carbons (Fsp3) is 0.300. The lowest BCUT2D eigenvalue weighted by Gasteiger charge is -2.16. The number of hydrogen-bond acceptors (Lipinski definition) is 6. The molecule has 0 bridgehead atoms. The van der Waals surface area contributed by atoms with Crippen LogP contribution < -0.4 is 9.47 Å². The van der Waals surface area contributed by atoms with Crippen molar-refractivity contribution in [2.45, 2.75) is 20.3 Å². The number of ether oxygens (including phenoxy) is 2. The van der Waals surface area contributed by atoms with Crippen molar-refractivity contribution in [3.63, 3.8) is 0 Å². The zero-order chi connectivity index (χ0) is 25.9. The molecule has 0 unspecified atom stereocenters. The zero-order valence-electron chi connectivity index (χ0n) is 21.0. The molecule has 1 aromatic heterocycles. The summed E-state index contributed by atoms with van der Waals surface area (Å²) in [5.74, 6) is 1.99. The molecule has 1 aliphatic heterocycles. The first-order chi connectivity index (χ1) is 17.9. The lowest BCUT2D eigenvalue weighted by Crippen LogP contribution is -2.26. The second kappa shape index (κ2) is 10.9. The lowest BCUT2D eigenvalue weighted by atomic mass is 9.98. The maximum Gasteiger partial charge on any atom is 0.207 e. The number of phenolic OH excluding ortho intramolecular Hbond substituents is 1. The van der Waals surface area contributed by atoms with Crippen LogP contribution in [0.15, 0.2) is 60.7 Å². The Morgan fingerprint density at radius 3 is 2.51 bits per heavy atom. The van der Waals surface area contributed by atoms with Crippen LogP contribution in [0.2, 0.25) is 0 Å². The average molecular weight is 520 g/mol. The fourth-order valence-corrected chi connectivity index (χ4v) is 5.96. The van der Waals surface area contributed by atoms with Gasteiger partial charge in [-0.3, -0.25) is 14.1 Å². The van der Waals surface area contributed by atoms with E-state index in [9.17, 15) is 14.3 Å². The number of hydrogen-bond donors (Lipinski definition) is 1. The van der Waals surface area contributed by atoms with E-state index in [0.29, 0.717) is 28.5 Å². The van der Waals surface area contributed by atoms with Crippen molar-refractivity contribution in [3.8, 4) is 23.0 Å². The Balaban J connectivity index is 1.35. The third kappa shape index (κ3) is 5.48. The number of carbonyl (C=O) groups excluding carboxylic acids is 1. The van der Waals surface area contributed by atoms with E-state index in [0.717, 1.165) is 53.0 Å². The number of halogens is 1. The van der Waals surface area contributed by atoms with Crippen molar-refractivity contribution in [2.75, 3.05) is 32.9 Å². The van der Waals surface area contributed by atoms with Crippen LogP contribution in [-0.2, 0) is 0 Å². The normalized spacial score (nSPS) is 15.8. The summed E-state index contributed by atoms with van der Waals surface area (Å²) in [6.07, 6.45) is 0.910. The molecule has 0 radical (unpaired) electrons. The Morgan fingerprint density at radius 2 is 1.81 bits per heavy atom. The molecule has 1 saturated heterocycles. The number of benzene rings is 3. The smallest absolute Gasteiger partial charge is 0.207 e. The van der Waals surface area contributed by atoms with Gasteiger partial charge in [-0.1, -0.05) is 18.2 Å². The second-order valence-corrected chi connectivity index (χ2v) is 10.6. The predicted molar refractivity (Wildman–Crippen MR) is 145 cm³/mol. The summed E-state index contributed by atoms with van der Waals surface area (Å²) in [6.45, 7) is 6.63. The summed E-state index contributed by atoms with van der Waals surface area (Å²) in [5, 5.41) is 10.8. The molecular formula is C30H30FNO4S. The van der Waals surface area contributed by atoms with E-state index in [4.69, 9.17) is 9.47 Å². The molecule has 1 aliphatic rings. The van der Waals surface area contributed by atoms with Gasteiger partial charge < -0.3 is 14.6 Å². The number of aryl methyl sites for hydroxylation is 2. The number of likely N-dealkylation sites (tertiary alicyclic amines) is 1. The summed E-state index contributed by atoms with van der Waals surface area (Å²) in [6, 6.07) is 18.2. The van der Waals surface area contributed by atoms with Crippen molar-refractivity contribution in [1.82, 2.24) is 4.90 Å². The molecular weight excluding hydrogens is 489 g/mol. The SMILES string of the molecule is Cc1cccc(C)c1C(=O)c1sc2cc(O)ccc2c1Oc1ccc(OCCN2CC[C@@H](CF)C2)cc1. The average Bonchev–Trinajstić information content (AvgIpc) is 3.49. The largest absolute Gasteiger partial charge is 0.508 e. The number of nitrogens with zero attached hydrogens (tertiary/aromatic N) is 1. The number of carbonyl (C=O) groups is 1. The monoisotopic (exact) mass is 519 g/mol. The third-order valence-electron chi connectivity index (χ3n) is 6.85. The van der Waals surface area contributed by atoms with Crippen molar-refractivity contribution < 1.29 is 23.8 Å². The number of phenols is 1. The Kier molecular flexibility index (Phi) is 7.44. The molecule has 37 heavy (non-hydrogen) atoms. The van der Waals surface area contributed by atoms with E-state index in [1.807, 2.05) is 56.3 Å². The molecule has 5 rings (SSSR count). The van der Waals surface area contributed by atoms with Gasteiger partial charge in [0.05, 0.1) is 6.67 Å². The molecule has 0 spiro atoms. The first-order valence-corrected chi connectivity index (χ1v) is 13.3. The molecule has 0 saturated carbocycles. The van der Waals surface area contributed by atoms with Gasteiger partial charge in [0.2, 0.25) is 5.78 Å². The molecule has 0 aliphatic carbocycles. The minimum absolute atomic E-state index is 0.0943. The van der Waals surface area contributed by atoms with Crippen molar-refractivity contribution in [1.29, 1.82) is 0 Å². The van der Waals surface area contributed by atoms with Gasteiger partial charge >= 0.3 is 0 Å². The van der Waals surface area contributed by atoms with E-state index < -0.39 is 0 Å². The van der Waals surface area contributed by atoms with Crippen LogP contribution in [0.25, 0.3) is 10.1 Å². The Morgan fingerprint density at radius 1 is 1.08 bits per heavy atom. The number of alkyl halides is 1. The van der Waals surface area contributed by atoms with Gasteiger partial charge in [-0.25, -0.2) is 0 Å². The Labute approximate surface area is 220 Å². The van der Waals surface area contributed by atoms with Crippen molar-refractivity contribution in [3.05, 3.63) is 82.2 Å². The van der Waals surface area contributed by atoms with Crippen LogP contribution in [0.3, 0.4) is 0 Å². The van der Waals surface area contributed by atoms with E-state index in [-0.39, 0.29) is 24.1 Å². The Hall–Kier alpha value is -3.42. The maximum absolute atomic E-state index is 13.7. The predicted octanol–water partition coefficient (Wildman–Crippen LogP) is 6.92. The van der Waals surface area contributed by atoms with Gasteiger partial charge in [-0.2, -0.15) is 0 Å². The van der Waals surface area contributed by atoms with Gasteiger partial charge in [0.15, 0.2) is 5.75 Å². The quantitative estimate of drug-likeness (QED) is 0.243. The fourth-order valence-electron chi connectivity index (χ4n) is 4.85. The van der Waals surface area contributed by atoms with E-state index in [1.54, 1.807) is 18.2 Å². The minimum atomic E-state index is -0.253. The molecule has 192 valence electrons. The van der Waals surface area contributed by atoms with Gasteiger partial charge in [-0.05, 0) is 80.4 Å². The molecule has 7 heteroatoms. The highest BCUT2D eigenvalue weighted by Crippen LogP contribution is 2.43. The number of rotatable bonds is 9. The van der Waals surface area contributed by atoms with Gasteiger partial charge in [0, 0.05) is 34.7 Å². The van der Waals surface area contributed by atoms with Gasteiger partial charge in [-0.15, -0.1) is 11.3 Å². The van der Waals surface area contributed by atoms with Crippen molar-refractivity contribution >= 4 is 27.2 Å². The van der Waals surface area contributed by atoms with E-state index in [1.165, 1.54) is 11.3 Å². The Bertz CT molecular complexity index is 1400. The number of aromatic hydroxyl groups is 1. The highest BCUT2D eigenvalue weighted by molar-refractivity contribution is 7.21. The first kappa shape index (κ1) is 25.2. The van der Waals surface area contributed by atoms with Crippen LogP contribution in [0, 0.1) is 19.8 Å². The molecule has 1 atom stereocenters. The maximum atomic E-state index is 13.7. The van der Waals surface area contributed by atoms with E-state index in [2.05, 4.69) is 4.90 Å². The van der Waals surface area contributed by atoms with Crippen LogP contribution in [0.1, 0.15) is 32.8 Å². The topological polar surface area (TPSA) is 59.0 Å². The molecule has 3 aromatic carbocycles. The molecule has 1 fully saturated rings. The highest BCUT2D eigenvalue weighted by Gasteiger charge is 2.25. The number of thiophene rings is 1. The number of ketones is 1. The zero-order valence-corrected chi connectivity index (χ0v) is 21.8. The van der Waals surface area contributed by atoms with Crippen molar-refractivity contribution in [2.24, 2.45) is 5.92 Å². The second-order valence-electron chi connectivity index (χ2n) is 9.57. The van der Waals surface area contributed by atoms with Crippen LogP contribution in [0.5, 0.6) is 23.0 Å². The molecule has 5 nitrogen and oxygen atoms in total. The van der Waals surface area contributed by atoms with Crippen LogP contribution in [0.4, 0.5) is 4.39 Å². The third-order valence-corrected chi connectivity index (χ3v) is 7.98. The van der Waals surface area contributed by atoms with Gasteiger partial charge in [0.25, 0.3) is 0 Å². The molecule has 1 N–H and O–H groups in total. The van der Waals surface area contributed by atoms with Crippen LogP contribution in [-0.4, -0.2) is 48.7 Å². The minimum Gasteiger partial charge on any atom is -0.508 e. The van der Waals surface area contributed by atoms with E-state index >= 15 is 0 Å². The summed E-state index contributed by atoms with van der Waals surface area (Å²) < 4.78 is 25.8. The molecule has 4 aromatic rings. The summed E-state index contributed by atoms with van der Waals surface area (Å²) >= 11 is 1.32. The molecule has 2 heterocycles. The standard InChI is InChI=1S/C30H30FNO4S/c1-19-4-3-5-20(2)27(19)28(34)30-29(25-11-6-22(33)16-26(25)37-30)36-24-9-7-23(8-10-24)35-15-14-32-13-12-21(17-31)18-32/h3-11,16,21,33H,12-15,17-18H2,1-2H3/t21-/m0/s1. The number of fused-ring (bicyclic) bond motifs is 1. The summed E-state index contributed by atoms with van der Waals surface area (Å²) in [5.41, 5.74) is 2.49. The highest BCUT2D eigenvalue weighted by atomic mass is 32.1. The molecule has 0 amide bonds. The van der Waals surface area contributed by atoms with Gasteiger partial charge in [0.1, 0.15) is 28.7 Å². The first-order valence-electron chi connectivity index (χ1n) is 12.5. The van der Waals surface area contributed by atoms with Crippen LogP contribution >= 0.6 is 11.3 Å².